The van der Waals surface area contributed by atoms with Crippen molar-refractivity contribution in [1.29, 1.82) is 0 Å². The van der Waals surface area contributed by atoms with Crippen molar-refractivity contribution in [2.75, 3.05) is 31.1 Å². The molecule has 1 atom stereocenters. The van der Waals surface area contributed by atoms with E-state index in [2.05, 4.69) is 25.5 Å². The van der Waals surface area contributed by atoms with E-state index < -0.39 is 0 Å². The maximum Gasteiger partial charge on any atom is 0.191 e. The fourth-order valence-corrected chi connectivity index (χ4v) is 3.52. The summed E-state index contributed by atoms with van der Waals surface area (Å²) in [6, 6.07) is 8.86. The van der Waals surface area contributed by atoms with Gasteiger partial charge in [0.15, 0.2) is 17.5 Å². The van der Waals surface area contributed by atoms with Gasteiger partial charge in [0.1, 0.15) is 5.82 Å². The zero-order valence-corrected chi connectivity index (χ0v) is 20.3. The van der Waals surface area contributed by atoms with Crippen molar-refractivity contribution in [3.8, 4) is 5.75 Å². The average molecular weight is 548 g/mol. The highest BCUT2D eigenvalue weighted by atomic mass is 127. The van der Waals surface area contributed by atoms with Gasteiger partial charge < -0.3 is 20.3 Å². The van der Waals surface area contributed by atoms with E-state index in [1.807, 2.05) is 32.0 Å². The number of aliphatic imine (C=N–C) groups is 1. The molecule has 2 aromatic rings. The molecule has 2 N–H and O–H groups in total. The second-order valence-electron chi connectivity index (χ2n) is 6.78. The summed E-state index contributed by atoms with van der Waals surface area (Å²) >= 11 is 6.27. The minimum absolute atomic E-state index is 0. The monoisotopic (exact) mass is 547 g/mol. The minimum atomic E-state index is -0.365. The zero-order chi connectivity index (χ0) is 20.6. The van der Waals surface area contributed by atoms with E-state index in [1.165, 1.54) is 6.07 Å². The molecule has 3 rings (SSSR count). The van der Waals surface area contributed by atoms with Gasteiger partial charge in [0.05, 0.1) is 18.2 Å². The Morgan fingerprint density at radius 3 is 2.90 bits per heavy atom. The van der Waals surface area contributed by atoms with Gasteiger partial charge >= 0.3 is 0 Å². The van der Waals surface area contributed by atoms with Crippen molar-refractivity contribution in [3.05, 3.63) is 52.9 Å². The smallest absolute Gasteiger partial charge is 0.191 e. The van der Waals surface area contributed by atoms with Crippen LogP contribution in [0, 0.1) is 5.82 Å². The maximum atomic E-state index is 14.0. The summed E-state index contributed by atoms with van der Waals surface area (Å²) in [5.41, 5.74) is 0.788. The number of nitrogens with one attached hydrogen (secondary N) is 2. The van der Waals surface area contributed by atoms with Gasteiger partial charge in [-0.2, -0.15) is 0 Å². The number of nitrogens with zero attached hydrogens (tertiary/aromatic N) is 3. The first-order chi connectivity index (χ1) is 14.1. The molecule has 1 fully saturated rings. The number of anilines is 1. The lowest BCUT2D eigenvalue weighted by Crippen LogP contribution is -2.44. The van der Waals surface area contributed by atoms with Crippen LogP contribution in [0.2, 0.25) is 5.02 Å². The van der Waals surface area contributed by atoms with Crippen molar-refractivity contribution in [2.45, 2.75) is 32.9 Å². The van der Waals surface area contributed by atoms with Crippen LogP contribution < -0.4 is 20.3 Å². The van der Waals surface area contributed by atoms with E-state index in [-0.39, 0.29) is 41.6 Å². The van der Waals surface area contributed by atoms with Gasteiger partial charge in [-0.15, -0.1) is 24.0 Å². The van der Waals surface area contributed by atoms with Gasteiger partial charge in [0.25, 0.3) is 0 Å². The van der Waals surface area contributed by atoms with Gasteiger partial charge in [-0.3, -0.25) is 0 Å². The van der Waals surface area contributed by atoms with Gasteiger partial charge in [-0.25, -0.2) is 14.4 Å². The number of pyridine rings is 1. The molecule has 6 nitrogen and oxygen atoms in total. The Hall–Kier alpha value is -1.81. The van der Waals surface area contributed by atoms with Crippen LogP contribution in [0.15, 0.2) is 41.5 Å². The highest BCUT2D eigenvalue weighted by Crippen LogP contribution is 2.25. The average Bonchev–Trinajstić information content (AvgIpc) is 3.17. The third-order valence-electron chi connectivity index (χ3n) is 4.63. The molecule has 0 bridgehead atoms. The number of benzene rings is 1. The predicted octanol–water partition coefficient (Wildman–Crippen LogP) is 4.22. The Balaban J connectivity index is 0.00000320. The van der Waals surface area contributed by atoms with Crippen molar-refractivity contribution in [1.82, 2.24) is 15.6 Å². The van der Waals surface area contributed by atoms with Crippen molar-refractivity contribution in [3.63, 3.8) is 0 Å². The van der Waals surface area contributed by atoms with Crippen LogP contribution >= 0.6 is 35.6 Å². The molecule has 0 radical (unpaired) electrons. The molecular formula is C21H28ClFIN5O. The van der Waals surface area contributed by atoms with E-state index in [1.54, 1.807) is 12.3 Å². The van der Waals surface area contributed by atoms with E-state index in [0.717, 1.165) is 37.4 Å². The van der Waals surface area contributed by atoms with E-state index in [0.29, 0.717) is 24.1 Å². The van der Waals surface area contributed by atoms with E-state index in [9.17, 15) is 4.39 Å². The molecule has 1 aromatic carbocycles. The third-order valence-corrected chi connectivity index (χ3v) is 4.92. The summed E-state index contributed by atoms with van der Waals surface area (Å²) in [5.74, 6) is 1.42. The van der Waals surface area contributed by atoms with Crippen LogP contribution in [0.25, 0.3) is 0 Å². The molecule has 30 heavy (non-hydrogen) atoms. The lowest BCUT2D eigenvalue weighted by atomic mass is 10.2. The standard InChI is InChI=1S/C21H27ClFN5O.HI/c1-3-24-21(26-13-15-7-8-19(29-4-2)18(23)12-15)27-16-9-11-28(14-16)20-17(22)6-5-10-25-20;/h5-8,10,12,16H,3-4,9,11,13-14H2,1-2H3,(H2,24,26,27);1H. The van der Waals surface area contributed by atoms with E-state index >= 15 is 0 Å². The largest absolute Gasteiger partial charge is 0.491 e. The molecule has 0 spiro atoms. The first kappa shape index (κ1) is 24.5. The van der Waals surface area contributed by atoms with E-state index in [4.69, 9.17) is 16.3 Å². The Kier molecular flexibility index (Phi) is 9.90. The normalized spacial score (nSPS) is 16.2. The molecule has 9 heteroatoms. The Morgan fingerprint density at radius 2 is 2.20 bits per heavy atom. The molecule has 1 aromatic heterocycles. The Bertz CT molecular complexity index is 854. The predicted molar refractivity (Wildman–Crippen MR) is 131 cm³/mol. The van der Waals surface area contributed by atoms with Crippen molar-refractivity contribution in [2.24, 2.45) is 4.99 Å². The first-order valence-electron chi connectivity index (χ1n) is 9.92. The van der Waals surface area contributed by atoms with Gasteiger partial charge in [0, 0.05) is 31.9 Å². The Labute approximate surface area is 199 Å². The van der Waals surface area contributed by atoms with Crippen LogP contribution in [0.5, 0.6) is 5.75 Å². The first-order valence-corrected chi connectivity index (χ1v) is 10.3. The number of guanidine groups is 1. The van der Waals surface area contributed by atoms with Crippen LogP contribution in [0.4, 0.5) is 10.2 Å². The van der Waals surface area contributed by atoms with Gasteiger partial charge in [-0.05, 0) is 50.1 Å². The molecule has 1 aliphatic rings. The van der Waals surface area contributed by atoms with Crippen LogP contribution in [0.1, 0.15) is 25.8 Å². The maximum absolute atomic E-state index is 14.0. The summed E-state index contributed by atoms with van der Waals surface area (Å²) in [7, 11) is 0. The number of halogens is 3. The second kappa shape index (κ2) is 12.1. The fourth-order valence-electron chi connectivity index (χ4n) is 3.28. The molecule has 0 aliphatic carbocycles. The van der Waals surface area contributed by atoms with Gasteiger partial charge in [0.2, 0.25) is 0 Å². The molecule has 1 saturated heterocycles. The van der Waals surface area contributed by atoms with Crippen molar-refractivity contribution < 1.29 is 9.13 Å². The number of hydrogen-bond acceptors (Lipinski definition) is 4. The highest BCUT2D eigenvalue weighted by molar-refractivity contribution is 14.0. The number of rotatable bonds is 7. The summed E-state index contributed by atoms with van der Waals surface area (Å²) in [6.07, 6.45) is 2.71. The molecule has 0 amide bonds. The molecule has 1 aliphatic heterocycles. The third kappa shape index (κ3) is 6.60. The van der Waals surface area contributed by atoms with Crippen LogP contribution in [0.3, 0.4) is 0 Å². The summed E-state index contributed by atoms with van der Waals surface area (Å²) < 4.78 is 19.3. The SMILES string of the molecule is CCNC(=NCc1ccc(OCC)c(F)c1)NC1CCN(c2ncccc2Cl)C1.I. The number of aromatic nitrogens is 1. The van der Waals surface area contributed by atoms with Crippen LogP contribution in [-0.2, 0) is 6.54 Å². The highest BCUT2D eigenvalue weighted by Gasteiger charge is 2.25. The summed E-state index contributed by atoms with van der Waals surface area (Å²) in [5, 5.41) is 7.37. The quantitative estimate of drug-likeness (QED) is 0.309. The molecule has 164 valence electrons. The fraction of sp³-hybridized carbons (Fsp3) is 0.429. The number of hydrogen-bond donors (Lipinski definition) is 2. The molecular weight excluding hydrogens is 520 g/mol. The lowest BCUT2D eigenvalue weighted by molar-refractivity contribution is 0.321. The second-order valence-corrected chi connectivity index (χ2v) is 7.18. The topological polar surface area (TPSA) is 61.8 Å². The zero-order valence-electron chi connectivity index (χ0n) is 17.2. The lowest BCUT2D eigenvalue weighted by Gasteiger charge is -2.20. The van der Waals surface area contributed by atoms with Crippen molar-refractivity contribution >= 4 is 47.4 Å². The molecule has 2 heterocycles. The summed E-state index contributed by atoms with van der Waals surface area (Å²) in [4.78, 5) is 11.2. The number of ether oxygens (including phenoxy) is 1. The molecule has 0 saturated carbocycles. The molecule has 1 unspecified atom stereocenters. The Morgan fingerprint density at radius 1 is 1.37 bits per heavy atom. The minimum Gasteiger partial charge on any atom is -0.491 e. The van der Waals surface area contributed by atoms with Gasteiger partial charge in [-0.1, -0.05) is 17.7 Å². The summed E-state index contributed by atoms with van der Waals surface area (Å²) in [6.45, 7) is 7.06. The van der Waals surface area contributed by atoms with Crippen LogP contribution in [-0.4, -0.2) is 43.2 Å².